The van der Waals surface area contributed by atoms with Gasteiger partial charge in [0.15, 0.2) is 0 Å². The van der Waals surface area contributed by atoms with E-state index in [9.17, 15) is 5.11 Å². The first-order chi connectivity index (χ1) is 4.81. The quantitative estimate of drug-likeness (QED) is 0.337. The average molecular weight is 163 g/mol. The van der Waals surface area contributed by atoms with Gasteiger partial charge in [-0.2, -0.15) is 0 Å². The molecule has 0 aromatic carbocycles. The minimum atomic E-state index is -2.79. The zero-order chi connectivity index (χ0) is 8.70. The highest BCUT2D eigenvalue weighted by molar-refractivity contribution is 4.86. The molecule has 1 heterocycles. The summed E-state index contributed by atoms with van der Waals surface area (Å²) in [6, 6.07) is 0. The van der Waals surface area contributed by atoms with E-state index in [2.05, 4.69) is 0 Å². The summed E-state index contributed by atoms with van der Waals surface area (Å²) in [4.78, 5) is 0.993. The SMILES string of the molecule is CC1(O)CCN(C(O)(O)O)C1. The van der Waals surface area contributed by atoms with Gasteiger partial charge in [-0.3, -0.25) is 0 Å². The van der Waals surface area contributed by atoms with E-state index < -0.39 is 11.7 Å². The molecule has 11 heavy (non-hydrogen) atoms. The van der Waals surface area contributed by atoms with E-state index in [-0.39, 0.29) is 13.1 Å². The van der Waals surface area contributed by atoms with Crippen molar-refractivity contribution in [3.63, 3.8) is 0 Å². The summed E-state index contributed by atoms with van der Waals surface area (Å²) in [5, 5.41) is 35.4. The molecule has 1 saturated heterocycles. The predicted octanol–water partition coefficient (Wildman–Crippen LogP) is -1.97. The van der Waals surface area contributed by atoms with Crippen LogP contribution in [0.3, 0.4) is 0 Å². The summed E-state index contributed by atoms with van der Waals surface area (Å²) in [5.74, 6) is 0. The van der Waals surface area contributed by atoms with E-state index in [0.717, 1.165) is 4.90 Å². The van der Waals surface area contributed by atoms with Crippen LogP contribution < -0.4 is 0 Å². The van der Waals surface area contributed by atoms with Gasteiger partial charge in [-0.25, -0.2) is 4.90 Å². The molecule has 0 aromatic heterocycles. The molecular formula is C6H13NO4. The van der Waals surface area contributed by atoms with Crippen LogP contribution >= 0.6 is 0 Å². The first kappa shape index (κ1) is 8.89. The number of rotatable bonds is 1. The van der Waals surface area contributed by atoms with Crippen molar-refractivity contribution in [3.05, 3.63) is 0 Å². The van der Waals surface area contributed by atoms with Crippen molar-refractivity contribution in [2.24, 2.45) is 0 Å². The number of aliphatic hydroxyl groups is 4. The lowest BCUT2D eigenvalue weighted by atomic mass is 10.1. The van der Waals surface area contributed by atoms with E-state index in [1.54, 1.807) is 6.92 Å². The Labute approximate surface area is 64.5 Å². The molecule has 1 rings (SSSR count). The number of likely N-dealkylation sites (tertiary alicyclic amines) is 1. The standard InChI is InChI=1S/C6H13NO4/c1-5(8)2-3-7(4-5)6(9,10)11/h8-11H,2-4H2,1H3. The van der Waals surface area contributed by atoms with Gasteiger partial charge in [-0.1, -0.05) is 0 Å². The molecule has 0 spiro atoms. The smallest absolute Gasteiger partial charge is 0.345 e. The maximum atomic E-state index is 9.35. The maximum Gasteiger partial charge on any atom is 0.345 e. The first-order valence-electron chi connectivity index (χ1n) is 3.46. The van der Waals surface area contributed by atoms with Crippen LogP contribution in [0.2, 0.25) is 0 Å². The number of β-amino-alcohol motifs (C(OH)–C–C–N with tert-alkyl or cyclic N) is 1. The Morgan fingerprint density at radius 1 is 1.36 bits per heavy atom. The van der Waals surface area contributed by atoms with Gasteiger partial charge in [0.25, 0.3) is 0 Å². The highest BCUT2D eigenvalue weighted by atomic mass is 16.7. The Morgan fingerprint density at radius 2 is 1.91 bits per heavy atom. The Hall–Kier alpha value is -0.200. The zero-order valence-electron chi connectivity index (χ0n) is 6.36. The minimum absolute atomic E-state index is 0.0660. The second kappa shape index (κ2) is 2.40. The van der Waals surface area contributed by atoms with Crippen LogP contribution in [-0.2, 0) is 0 Å². The monoisotopic (exact) mass is 163 g/mol. The van der Waals surface area contributed by atoms with E-state index in [1.165, 1.54) is 0 Å². The Bertz CT molecular complexity index is 151. The van der Waals surface area contributed by atoms with Crippen LogP contribution in [0, 0.1) is 0 Å². The molecule has 1 aliphatic rings. The van der Waals surface area contributed by atoms with E-state index in [1.807, 2.05) is 0 Å². The normalized spacial score (nSPS) is 34.6. The highest BCUT2D eigenvalue weighted by Gasteiger charge is 2.40. The van der Waals surface area contributed by atoms with Crippen LogP contribution in [0.1, 0.15) is 13.3 Å². The fourth-order valence-electron chi connectivity index (χ4n) is 1.20. The molecule has 0 amide bonds. The molecule has 0 radical (unpaired) electrons. The summed E-state index contributed by atoms with van der Waals surface area (Å²) in [5.41, 5.74) is -0.931. The Balaban J connectivity index is 2.55. The topological polar surface area (TPSA) is 84.2 Å². The Kier molecular flexibility index (Phi) is 1.94. The molecule has 1 fully saturated rings. The molecule has 0 aromatic rings. The lowest BCUT2D eigenvalue weighted by molar-refractivity contribution is -0.390. The summed E-state index contributed by atoms with van der Waals surface area (Å²) < 4.78 is 0. The molecule has 1 unspecified atom stereocenters. The second-order valence-corrected chi connectivity index (χ2v) is 3.27. The summed E-state index contributed by atoms with van der Waals surface area (Å²) in [7, 11) is 0. The summed E-state index contributed by atoms with van der Waals surface area (Å²) in [6.45, 7) is 1.92. The highest BCUT2D eigenvalue weighted by Crippen LogP contribution is 2.23. The molecule has 0 saturated carbocycles. The average Bonchev–Trinajstić information content (AvgIpc) is 2.07. The number of hydrogen-bond acceptors (Lipinski definition) is 5. The summed E-state index contributed by atoms with van der Waals surface area (Å²) in [6.07, 6.45) is -2.36. The van der Waals surface area contributed by atoms with Crippen molar-refractivity contribution in [1.29, 1.82) is 0 Å². The molecule has 66 valence electrons. The van der Waals surface area contributed by atoms with Gasteiger partial charge < -0.3 is 20.4 Å². The molecular weight excluding hydrogens is 150 g/mol. The van der Waals surface area contributed by atoms with Gasteiger partial charge in [0.1, 0.15) is 0 Å². The fourth-order valence-corrected chi connectivity index (χ4v) is 1.20. The van der Waals surface area contributed by atoms with E-state index in [0.29, 0.717) is 6.42 Å². The Morgan fingerprint density at radius 3 is 2.09 bits per heavy atom. The van der Waals surface area contributed by atoms with Crippen molar-refractivity contribution in [1.82, 2.24) is 4.90 Å². The predicted molar refractivity (Wildman–Crippen MR) is 36.2 cm³/mol. The lowest BCUT2D eigenvalue weighted by Gasteiger charge is -2.26. The van der Waals surface area contributed by atoms with E-state index in [4.69, 9.17) is 15.3 Å². The first-order valence-corrected chi connectivity index (χ1v) is 3.46. The van der Waals surface area contributed by atoms with Gasteiger partial charge in [-0.05, 0) is 13.3 Å². The molecule has 4 N–H and O–H groups in total. The lowest BCUT2D eigenvalue weighted by Crippen LogP contribution is -2.48. The van der Waals surface area contributed by atoms with Crippen molar-refractivity contribution in [2.45, 2.75) is 25.0 Å². The van der Waals surface area contributed by atoms with Crippen LogP contribution in [0.15, 0.2) is 0 Å². The largest absolute Gasteiger partial charge is 0.389 e. The molecule has 0 bridgehead atoms. The number of hydrogen-bond donors (Lipinski definition) is 4. The third-order valence-corrected chi connectivity index (χ3v) is 1.88. The van der Waals surface area contributed by atoms with Crippen molar-refractivity contribution in [3.8, 4) is 0 Å². The van der Waals surface area contributed by atoms with Crippen LogP contribution in [0.5, 0.6) is 0 Å². The van der Waals surface area contributed by atoms with Gasteiger partial charge in [0, 0.05) is 13.1 Å². The van der Waals surface area contributed by atoms with Gasteiger partial charge >= 0.3 is 6.10 Å². The van der Waals surface area contributed by atoms with Crippen LogP contribution in [0.25, 0.3) is 0 Å². The zero-order valence-corrected chi connectivity index (χ0v) is 6.36. The minimum Gasteiger partial charge on any atom is -0.389 e. The third-order valence-electron chi connectivity index (χ3n) is 1.88. The fraction of sp³-hybridized carbons (Fsp3) is 1.00. The second-order valence-electron chi connectivity index (χ2n) is 3.27. The van der Waals surface area contributed by atoms with Gasteiger partial charge in [0.2, 0.25) is 0 Å². The molecule has 1 aliphatic heterocycles. The van der Waals surface area contributed by atoms with Gasteiger partial charge in [-0.15, -0.1) is 0 Å². The molecule has 5 heteroatoms. The number of nitrogens with zero attached hydrogens (tertiary/aromatic N) is 1. The molecule has 1 atom stereocenters. The van der Waals surface area contributed by atoms with E-state index >= 15 is 0 Å². The third kappa shape index (κ3) is 2.11. The van der Waals surface area contributed by atoms with Crippen LogP contribution in [-0.4, -0.2) is 50.1 Å². The molecule has 5 nitrogen and oxygen atoms in total. The van der Waals surface area contributed by atoms with Gasteiger partial charge in [0.05, 0.1) is 5.60 Å². The van der Waals surface area contributed by atoms with Crippen LogP contribution in [0.4, 0.5) is 0 Å². The summed E-state index contributed by atoms with van der Waals surface area (Å²) >= 11 is 0. The molecule has 0 aliphatic carbocycles. The maximum absolute atomic E-state index is 9.35. The van der Waals surface area contributed by atoms with Crippen molar-refractivity contribution < 1.29 is 20.4 Å². The van der Waals surface area contributed by atoms with Crippen molar-refractivity contribution >= 4 is 0 Å². The van der Waals surface area contributed by atoms with Crippen molar-refractivity contribution in [2.75, 3.05) is 13.1 Å².